The molecule has 4 nitrogen and oxygen atoms in total. The van der Waals surface area contributed by atoms with Crippen molar-refractivity contribution in [1.82, 2.24) is 9.88 Å². The van der Waals surface area contributed by atoms with Gasteiger partial charge in [-0.2, -0.15) is 0 Å². The van der Waals surface area contributed by atoms with Crippen molar-refractivity contribution < 1.29 is 9.47 Å². The van der Waals surface area contributed by atoms with Gasteiger partial charge in [0.15, 0.2) is 11.5 Å². The van der Waals surface area contributed by atoms with Crippen LogP contribution < -0.4 is 9.47 Å². The molecule has 0 aliphatic carbocycles. The number of hydrogen-bond donors (Lipinski definition) is 0. The molecule has 25 heavy (non-hydrogen) atoms. The number of para-hydroxylation sites is 1. The predicted octanol–water partition coefficient (Wildman–Crippen LogP) is 4.42. The van der Waals surface area contributed by atoms with Gasteiger partial charge in [0.2, 0.25) is 6.79 Å². The Labute approximate surface area is 157 Å². The molecular weight excluding hydrogens is 380 g/mol. The molecule has 1 aromatic carbocycles. The number of likely N-dealkylation sites (tertiary alicyclic amines) is 1. The third-order valence-electron chi connectivity index (χ3n) is 5.22. The monoisotopic (exact) mass is 402 g/mol. The van der Waals surface area contributed by atoms with Crippen LogP contribution in [0.4, 0.5) is 0 Å². The molecule has 0 spiro atoms. The smallest absolute Gasteiger partial charge is 0.231 e. The first-order valence-electron chi connectivity index (χ1n) is 8.99. The molecule has 2 aliphatic heterocycles. The van der Waals surface area contributed by atoms with E-state index in [0.29, 0.717) is 6.79 Å². The fourth-order valence-corrected chi connectivity index (χ4v) is 4.11. The van der Waals surface area contributed by atoms with Crippen LogP contribution in [-0.2, 0) is 13.0 Å². The summed E-state index contributed by atoms with van der Waals surface area (Å²) in [5.74, 6) is 2.65. The van der Waals surface area contributed by atoms with Gasteiger partial charge in [0.1, 0.15) is 0 Å². The van der Waals surface area contributed by atoms with Crippen LogP contribution in [0.15, 0.2) is 41.0 Å². The largest absolute Gasteiger partial charge is 0.454 e. The lowest BCUT2D eigenvalue weighted by Crippen LogP contribution is -2.33. The topological polar surface area (TPSA) is 34.6 Å². The molecule has 0 amide bonds. The maximum absolute atomic E-state index is 5.62. The maximum atomic E-state index is 5.62. The van der Waals surface area contributed by atoms with Crippen molar-refractivity contribution in [2.45, 2.75) is 32.2 Å². The third kappa shape index (κ3) is 3.98. The standard InChI is InChI=1S/C20H23BrN2O2/c21-17-4-2-10-22-18(17)13-23-11-8-15(9-12-23)6-7-16-3-1-5-19-20(16)25-14-24-19/h1-5,10,15H,6-9,11-14H2. The van der Waals surface area contributed by atoms with Gasteiger partial charge in [0, 0.05) is 17.2 Å². The van der Waals surface area contributed by atoms with Crippen LogP contribution >= 0.6 is 15.9 Å². The van der Waals surface area contributed by atoms with Gasteiger partial charge in [-0.1, -0.05) is 12.1 Å². The number of aryl methyl sites for hydroxylation is 1. The summed E-state index contributed by atoms with van der Waals surface area (Å²) in [6.07, 6.45) is 6.69. The lowest BCUT2D eigenvalue weighted by Gasteiger charge is -2.32. The molecule has 0 bridgehead atoms. The summed E-state index contributed by atoms with van der Waals surface area (Å²) in [4.78, 5) is 7.00. The SMILES string of the molecule is Brc1cccnc1CN1CCC(CCc2cccc3c2OCO3)CC1. The molecule has 0 atom stereocenters. The second kappa shape index (κ2) is 7.75. The van der Waals surface area contributed by atoms with Gasteiger partial charge in [-0.3, -0.25) is 9.88 Å². The van der Waals surface area contributed by atoms with Crippen molar-refractivity contribution in [3.8, 4) is 11.5 Å². The molecule has 5 heteroatoms. The minimum Gasteiger partial charge on any atom is -0.454 e. The number of ether oxygens (including phenoxy) is 2. The number of hydrogen-bond acceptors (Lipinski definition) is 4. The quantitative estimate of drug-likeness (QED) is 0.741. The second-order valence-corrected chi connectivity index (χ2v) is 7.70. The van der Waals surface area contributed by atoms with Gasteiger partial charge in [-0.25, -0.2) is 0 Å². The van der Waals surface area contributed by atoms with Crippen LogP contribution in [0.3, 0.4) is 0 Å². The lowest BCUT2D eigenvalue weighted by molar-refractivity contribution is 0.168. The number of nitrogens with zero attached hydrogens (tertiary/aromatic N) is 2. The Morgan fingerprint density at radius 2 is 2.00 bits per heavy atom. The van der Waals surface area contributed by atoms with E-state index in [9.17, 15) is 0 Å². The Bertz CT molecular complexity index is 729. The highest BCUT2D eigenvalue weighted by Crippen LogP contribution is 2.36. The zero-order valence-electron chi connectivity index (χ0n) is 14.3. The van der Waals surface area contributed by atoms with Crippen molar-refractivity contribution >= 4 is 15.9 Å². The fraction of sp³-hybridized carbons (Fsp3) is 0.450. The summed E-state index contributed by atoms with van der Waals surface area (Å²) in [6.45, 7) is 3.60. The minimum atomic E-state index is 0.355. The van der Waals surface area contributed by atoms with Crippen molar-refractivity contribution in [3.63, 3.8) is 0 Å². The van der Waals surface area contributed by atoms with Gasteiger partial charge in [-0.15, -0.1) is 0 Å². The van der Waals surface area contributed by atoms with Crippen LogP contribution in [0, 0.1) is 5.92 Å². The van der Waals surface area contributed by atoms with E-state index in [4.69, 9.17) is 9.47 Å². The number of aromatic nitrogens is 1. The molecular formula is C20H23BrN2O2. The maximum Gasteiger partial charge on any atom is 0.231 e. The normalized spacial score (nSPS) is 17.8. The summed E-state index contributed by atoms with van der Waals surface area (Å²) in [5, 5.41) is 0. The minimum absolute atomic E-state index is 0.355. The first-order valence-corrected chi connectivity index (χ1v) is 9.78. The van der Waals surface area contributed by atoms with Crippen LogP contribution in [0.25, 0.3) is 0 Å². The van der Waals surface area contributed by atoms with E-state index in [1.807, 2.05) is 18.3 Å². The Morgan fingerprint density at radius 1 is 1.12 bits per heavy atom. The fourth-order valence-electron chi connectivity index (χ4n) is 3.73. The first-order chi connectivity index (χ1) is 12.3. The van der Waals surface area contributed by atoms with Crippen molar-refractivity contribution in [3.05, 3.63) is 52.3 Å². The molecule has 1 fully saturated rings. The van der Waals surface area contributed by atoms with Crippen molar-refractivity contribution in [2.24, 2.45) is 5.92 Å². The number of benzene rings is 1. The Morgan fingerprint density at radius 3 is 2.84 bits per heavy atom. The molecule has 0 saturated carbocycles. The number of piperidine rings is 1. The summed E-state index contributed by atoms with van der Waals surface area (Å²) in [5.41, 5.74) is 2.42. The summed E-state index contributed by atoms with van der Waals surface area (Å²) >= 11 is 3.60. The zero-order chi connectivity index (χ0) is 17.1. The Hall–Kier alpha value is -1.59. The van der Waals surface area contributed by atoms with E-state index in [0.717, 1.165) is 53.6 Å². The van der Waals surface area contributed by atoms with Gasteiger partial charge >= 0.3 is 0 Å². The van der Waals surface area contributed by atoms with E-state index < -0.39 is 0 Å². The molecule has 132 valence electrons. The summed E-state index contributed by atoms with van der Waals surface area (Å²) in [6, 6.07) is 10.3. The summed E-state index contributed by atoms with van der Waals surface area (Å²) < 4.78 is 12.2. The van der Waals surface area contributed by atoms with E-state index in [-0.39, 0.29) is 0 Å². The van der Waals surface area contributed by atoms with E-state index in [1.54, 1.807) is 0 Å². The first kappa shape index (κ1) is 16.9. The molecule has 4 rings (SSSR count). The Balaban J connectivity index is 1.27. The van der Waals surface area contributed by atoms with Crippen molar-refractivity contribution in [2.75, 3.05) is 19.9 Å². The van der Waals surface area contributed by atoms with Gasteiger partial charge < -0.3 is 9.47 Å². The van der Waals surface area contributed by atoms with Crippen LogP contribution in [0.5, 0.6) is 11.5 Å². The highest BCUT2D eigenvalue weighted by atomic mass is 79.9. The van der Waals surface area contributed by atoms with Crippen LogP contribution in [0.2, 0.25) is 0 Å². The van der Waals surface area contributed by atoms with E-state index in [1.165, 1.54) is 24.8 Å². The van der Waals surface area contributed by atoms with E-state index >= 15 is 0 Å². The van der Waals surface area contributed by atoms with Gasteiger partial charge in [0.25, 0.3) is 0 Å². The van der Waals surface area contributed by atoms with Gasteiger partial charge in [0.05, 0.1) is 5.69 Å². The van der Waals surface area contributed by atoms with Gasteiger partial charge in [-0.05, 0) is 84.4 Å². The molecule has 3 heterocycles. The van der Waals surface area contributed by atoms with Crippen LogP contribution in [-0.4, -0.2) is 29.8 Å². The molecule has 2 aliphatic rings. The Kier molecular flexibility index (Phi) is 5.22. The molecule has 1 saturated heterocycles. The molecule has 0 unspecified atom stereocenters. The average Bonchev–Trinajstić information content (AvgIpc) is 3.12. The zero-order valence-corrected chi connectivity index (χ0v) is 15.9. The molecule has 0 radical (unpaired) electrons. The lowest BCUT2D eigenvalue weighted by atomic mass is 9.90. The molecule has 2 aromatic rings. The van der Waals surface area contributed by atoms with Crippen molar-refractivity contribution in [1.29, 1.82) is 0 Å². The summed E-state index contributed by atoms with van der Waals surface area (Å²) in [7, 11) is 0. The third-order valence-corrected chi connectivity index (χ3v) is 5.94. The number of halogens is 1. The number of pyridine rings is 1. The second-order valence-electron chi connectivity index (χ2n) is 6.84. The molecule has 1 aromatic heterocycles. The predicted molar refractivity (Wildman–Crippen MR) is 101 cm³/mol. The van der Waals surface area contributed by atoms with Crippen LogP contribution in [0.1, 0.15) is 30.5 Å². The van der Waals surface area contributed by atoms with E-state index in [2.05, 4.69) is 44.0 Å². The highest BCUT2D eigenvalue weighted by molar-refractivity contribution is 9.10. The number of rotatable bonds is 5. The number of fused-ring (bicyclic) bond motifs is 1. The highest BCUT2D eigenvalue weighted by Gasteiger charge is 2.22. The average molecular weight is 403 g/mol. The molecule has 0 N–H and O–H groups in total.